The monoisotopic (exact) mass is 355 g/mol. The number of aromatic amines is 1. The van der Waals surface area contributed by atoms with E-state index in [1.54, 1.807) is 18.2 Å². The number of H-pyrrole nitrogens is 1. The van der Waals surface area contributed by atoms with Gasteiger partial charge >= 0.3 is 5.56 Å². The summed E-state index contributed by atoms with van der Waals surface area (Å²) in [7, 11) is 0. The standard InChI is InChI=1S/C17H14FN5O3/c18-13-7-5-11(6-8-13)9-19-16(25)15-17(26)23(22-21-15)20-10-12-3-1-2-4-14(12)24/h1-8,10,22,24H,9H2,(H,19,25). The number of nitrogens with zero attached hydrogens (tertiary/aromatic N) is 3. The van der Waals surface area contributed by atoms with Crippen LogP contribution >= 0.6 is 0 Å². The van der Waals surface area contributed by atoms with E-state index in [0.717, 1.165) is 4.79 Å². The molecule has 3 N–H and O–H groups in total. The normalized spacial score (nSPS) is 11.0. The maximum absolute atomic E-state index is 12.9. The number of hydrogen-bond donors (Lipinski definition) is 3. The quantitative estimate of drug-likeness (QED) is 0.598. The minimum absolute atomic E-state index is 0.000999. The van der Waals surface area contributed by atoms with E-state index in [-0.39, 0.29) is 23.8 Å². The van der Waals surface area contributed by atoms with E-state index < -0.39 is 11.5 Å². The van der Waals surface area contributed by atoms with Crippen LogP contribution in [0.25, 0.3) is 0 Å². The molecule has 0 radical (unpaired) electrons. The molecule has 9 heteroatoms. The Morgan fingerprint density at radius 3 is 2.73 bits per heavy atom. The second-order valence-electron chi connectivity index (χ2n) is 5.29. The van der Waals surface area contributed by atoms with Crippen LogP contribution in [0.4, 0.5) is 4.39 Å². The molecular weight excluding hydrogens is 341 g/mol. The van der Waals surface area contributed by atoms with Crippen molar-refractivity contribution in [3.05, 3.63) is 81.5 Å². The predicted octanol–water partition coefficient (Wildman–Crippen LogP) is 1.23. The van der Waals surface area contributed by atoms with Crippen LogP contribution in [0.15, 0.2) is 58.4 Å². The van der Waals surface area contributed by atoms with Crippen LogP contribution in [0.2, 0.25) is 0 Å². The zero-order chi connectivity index (χ0) is 18.5. The van der Waals surface area contributed by atoms with E-state index >= 15 is 0 Å². The van der Waals surface area contributed by atoms with Crippen molar-refractivity contribution in [2.75, 3.05) is 0 Å². The van der Waals surface area contributed by atoms with E-state index in [1.165, 1.54) is 36.5 Å². The van der Waals surface area contributed by atoms with Gasteiger partial charge in [-0.25, -0.2) is 4.39 Å². The van der Waals surface area contributed by atoms with Gasteiger partial charge in [-0.1, -0.05) is 24.3 Å². The summed E-state index contributed by atoms with van der Waals surface area (Å²) in [6, 6.07) is 12.0. The second-order valence-corrected chi connectivity index (χ2v) is 5.29. The number of phenolic OH excluding ortho intramolecular Hbond substituents is 1. The Morgan fingerprint density at radius 2 is 2.00 bits per heavy atom. The van der Waals surface area contributed by atoms with Crippen LogP contribution in [-0.4, -0.2) is 32.3 Å². The van der Waals surface area contributed by atoms with Gasteiger partial charge in [0, 0.05) is 12.1 Å². The highest BCUT2D eigenvalue weighted by molar-refractivity contribution is 5.91. The van der Waals surface area contributed by atoms with Crippen molar-refractivity contribution in [3.63, 3.8) is 0 Å². The number of benzene rings is 2. The first-order valence-corrected chi connectivity index (χ1v) is 7.57. The van der Waals surface area contributed by atoms with E-state index in [1.807, 2.05) is 0 Å². The predicted molar refractivity (Wildman–Crippen MR) is 91.5 cm³/mol. The first-order valence-electron chi connectivity index (χ1n) is 7.57. The van der Waals surface area contributed by atoms with E-state index in [0.29, 0.717) is 11.1 Å². The molecule has 26 heavy (non-hydrogen) atoms. The molecule has 8 nitrogen and oxygen atoms in total. The van der Waals surface area contributed by atoms with E-state index in [2.05, 4.69) is 20.7 Å². The number of para-hydroxylation sites is 1. The minimum atomic E-state index is -0.742. The van der Waals surface area contributed by atoms with Crippen LogP contribution < -0.4 is 10.9 Å². The lowest BCUT2D eigenvalue weighted by Gasteiger charge is -2.02. The largest absolute Gasteiger partial charge is 0.507 e. The zero-order valence-corrected chi connectivity index (χ0v) is 13.4. The number of halogens is 1. The van der Waals surface area contributed by atoms with Crippen molar-refractivity contribution >= 4 is 12.1 Å². The molecule has 1 heterocycles. The Bertz CT molecular complexity index is 1010. The molecular formula is C17H14FN5O3. The summed E-state index contributed by atoms with van der Waals surface area (Å²) in [4.78, 5) is 25.0. The summed E-state index contributed by atoms with van der Waals surface area (Å²) >= 11 is 0. The van der Waals surface area contributed by atoms with Gasteiger partial charge in [0.2, 0.25) is 5.69 Å². The number of carbonyl (C=O) groups excluding carboxylic acids is 1. The van der Waals surface area contributed by atoms with E-state index in [4.69, 9.17) is 0 Å². The fourth-order valence-electron chi connectivity index (χ4n) is 2.10. The molecule has 2 aromatic carbocycles. The van der Waals surface area contributed by atoms with Crippen LogP contribution in [0.3, 0.4) is 0 Å². The first kappa shape index (κ1) is 17.1. The highest BCUT2D eigenvalue weighted by atomic mass is 19.1. The lowest BCUT2D eigenvalue weighted by atomic mass is 10.2. The molecule has 0 aliphatic rings. The number of aromatic hydroxyl groups is 1. The average molecular weight is 355 g/mol. The maximum Gasteiger partial charge on any atom is 0.320 e. The van der Waals surface area contributed by atoms with Gasteiger partial charge in [-0.2, -0.15) is 10.3 Å². The number of rotatable bonds is 5. The van der Waals surface area contributed by atoms with Crippen LogP contribution in [0.5, 0.6) is 5.75 Å². The Balaban J connectivity index is 1.70. The fourth-order valence-corrected chi connectivity index (χ4v) is 2.10. The third-order valence-electron chi connectivity index (χ3n) is 3.48. The summed E-state index contributed by atoms with van der Waals surface area (Å²) in [6.07, 6.45) is 1.26. The Morgan fingerprint density at radius 1 is 1.27 bits per heavy atom. The molecule has 0 aliphatic carbocycles. The molecule has 0 aliphatic heterocycles. The lowest BCUT2D eigenvalue weighted by molar-refractivity contribution is 0.0944. The number of carbonyl (C=O) groups is 1. The Kier molecular flexibility index (Phi) is 4.88. The van der Waals surface area contributed by atoms with Gasteiger partial charge in [0.1, 0.15) is 11.6 Å². The number of phenols is 1. The minimum Gasteiger partial charge on any atom is -0.507 e. The van der Waals surface area contributed by atoms with Gasteiger partial charge in [0.05, 0.1) is 6.21 Å². The van der Waals surface area contributed by atoms with Crippen LogP contribution in [-0.2, 0) is 6.54 Å². The SMILES string of the molecule is O=C(NCc1ccc(F)cc1)c1n[nH]n(N=Cc2ccccc2O)c1=O. The average Bonchev–Trinajstić information content (AvgIpc) is 3.01. The molecule has 132 valence electrons. The molecule has 0 atom stereocenters. The molecule has 3 rings (SSSR count). The third-order valence-corrected chi connectivity index (χ3v) is 3.48. The summed E-state index contributed by atoms with van der Waals surface area (Å²) in [6.45, 7) is 0.118. The number of hydrogen-bond acceptors (Lipinski definition) is 5. The van der Waals surface area contributed by atoms with Crippen molar-refractivity contribution in [3.8, 4) is 5.75 Å². The fraction of sp³-hybridized carbons (Fsp3) is 0.0588. The number of nitrogens with one attached hydrogen (secondary N) is 2. The zero-order valence-electron chi connectivity index (χ0n) is 13.4. The number of aromatic nitrogens is 3. The molecule has 3 aromatic rings. The number of amides is 1. The van der Waals surface area contributed by atoms with E-state index in [9.17, 15) is 19.1 Å². The second kappa shape index (κ2) is 7.43. The molecule has 1 amide bonds. The highest BCUT2D eigenvalue weighted by Crippen LogP contribution is 2.12. The highest BCUT2D eigenvalue weighted by Gasteiger charge is 2.16. The van der Waals surface area contributed by atoms with Gasteiger partial charge in [-0.3, -0.25) is 9.59 Å². The van der Waals surface area contributed by atoms with Crippen molar-refractivity contribution in [1.29, 1.82) is 0 Å². The Hall–Kier alpha value is -3.75. The molecule has 0 saturated heterocycles. The van der Waals surface area contributed by atoms with Crippen molar-refractivity contribution < 1.29 is 14.3 Å². The summed E-state index contributed by atoms with van der Waals surface area (Å²) < 4.78 is 12.9. The van der Waals surface area contributed by atoms with Crippen LogP contribution in [0.1, 0.15) is 21.6 Å². The molecule has 0 spiro atoms. The van der Waals surface area contributed by atoms with Gasteiger partial charge in [0.15, 0.2) is 0 Å². The lowest BCUT2D eigenvalue weighted by Crippen LogP contribution is -2.29. The Labute approximate surface area is 146 Å². The summed E-state index contributed by atoms with van der Waals surface area (Å²) in [5, 5.41) is 22.0. The first-order chi connectivity index (χ1) is 12.5. The molecule has 0 saturated carbocycles. The summed E-state index contributed by atoms with van der Waals surface area (Å²) in [5.74, 6) is -1.06. The van der Waals surface area contributed by atoms with Gasteiger partial charge in [-0.15, -0.1) is 9.89 Å². The maximum atomic E-state index is 12.9. The molecule has 0 bridgehead atoms. The van der Waals surface area contributed by atoms with Crippen LogP contribution in [0, 0.1) is 5.82 Å². The smallest absolute Gasteiger partial charge is 0.320 e. The van der Waals surface area contributed by atoms with Crippen molar-refractivity contribution in [1.82, 2.24) is 20.4 Å². The molecule has 0 fully saturated rings. The van der Waals surface area contributed by atoms with Crippen molar-refractivity contribution in [2.24, 2.45) is 5.10 Å². The van der Waals surface area contributed by atoms with Crippen molar-refractivity contribution in [2.45, 2.75) is 6.54 Å². The van der Waals surface area contributed by atoms with Gasteiger partial charge in [0.25, 0.3) is 5.91 Å². The molecule has 0 unspecified atom stereocenters. The summed E-state index contributed by atoms with van der Waals surface area (Å²) in [5.41, 5.74) is -0.0284. The van der Waals surface area contributed by atoms with Gasteiger partial charge < -0.3 is 10.4 Å². The third kappa shape index (κ3) is 3.83. The molecule has 1 aromatic heterocycles. The topological polar surface area (TPSA) is 112 Å². The van der Waals surface area contributed by atoms with Gasteiger partial charge in [-0.05, 0) is 29.8 Å².